The van der Waals surface area contributed by atoms with E-state index in [1.54, 1.807) is 4.90 Å². The van der Waals surface area contributed by atoms with Gasteiger partial charge in [-0.15, -0.1) is 0 Å². The highest BCUT2D eigenvalue weighted by atomic mass is 16.4. The molecule has 0 spiro atoms. The summed E-state index contributed by atoms with van der Waals surface area (Å²) in [5, 5.41) is 13.1. The van der Waals surface area contributed by atoms with E-state index in [2.05, 4.69) is 43.4 Å². The van der Waals surface area contributed by atoms with Gasteiger partial charge in [-0.2, -0.15) is 0 Å². The first-order valence-electron chi connectivity index (χ1n) is 8.77. The summed E-state index contributed by atoms with van der Waals surface area (Å²) in [5.41, 5.74) is 1.10. The van der Waals surface area contributed by atoms with Crippen LogP contribution in [0.3, 0.4) is 0 Å². The maximum absolute atomic E-state index is 11.9. The minimum atomic E-state index is -0.765. The van der Waals surface area contributed by atoms with Gasteiger partial charge in [-0.1, -0.05) is 30.3 Å². The Balaban J connectivity index is 1.66. The van der Waals surface area contributed by atoms with Crippen LogP contribution in [0, 0.1) is 5.92 Å². The van der Waals surface area contributed by atoms with Gasteiger partial charge < -0.3 is 15.3 Å². The molecule has 1 aliphatic heterocycles. The number of rotatable bonds is 5. The molecule has 2 fully saturated rings. The molecule has 1 saturated carbocycles. The number of hydrogen-bond acceptors (Lipinski definition) is 2. The molecule has 2 aliphatic rings. The standard InChI is InChI=1S/C19H28N2O2/c1-19(2,21(18(22)23)16-8-10-20-11-9-16)13-15-12-17(15)14-6-4-3-5-7-14/h3-7,15-17,20H,8-13H2,1-2H3,(H,22,23)/t15-,17-/m1/s1. The molecule has 1 saturated heterocycles. The van der Waals surface area contributed by atoms with Gasteiger partial charge in [-0.05, 0) is 70.0 Å². The smallest absolute Gasteiger partial charge is 0.407 e. The van der Waals surface area contributed by atoms with Crippen molar-refractivity contribution in [3.8, 4) is 0 Å². The number of amides is 1. The van der Waals surface area contributed by atoms with Crippen LogP contribution < -0.4 is 5.32 Å². The first-order valence-corrected chi connectivity index (χ1v) is 8.77. The Morgan fingerprint density at radius 3 is 2.52 bits per heavy atom. The molecule has 126 valence electrons. The zero-order valence-electron chi connectivity index (χ0n) is 14.2. The summed E-state index contributed by atoms with van der Waals surface area (Å²) in [5.74, 6) is 1.22. The summed E-state index contributed by atoms with van der Waals surface area (Å²) in [6, 6.07) is 10.8. The SMILES string of the molecule is CC(C)(C[C@H]1C[C@@H]1c1ccccc1)N(C(=O)O)C1CCNCC1. The van der Waals surface area contributed by atoms with Gasteiger partial charge in [-0.3, -0.25) is 0 Å². The van der Waals surface area contributed by atoms with Crippen LogP contribution in [0.1, 0.15) is 51.0 Å². The average Bonchev–Trinajstić information content (AvgIpc) is 3.27. The normalized spacial score (nSPS) is 25.1. The fourth-order valence-electron chi connectivity index (χ4n) is 4.30. The Bertz CT molecular complexity index is 538. The van der Waals surface area contributed by atoms with Crippen molar-refractivity contribution in [2.24, 2.45) is 5.92 Å². The summed E-state index contributed by atoms with van der Waals surface area (Å²) in [6.07, 6.45) is 3.21. The van der Waals surface area contributed by atoms with Gasteiger partial charge in [0.1, 0.15) is 0 Å². The summed E-state index contributed by atoms with van der Waals surface area (Å²) in [4.78, 5) is 13.6. The number of hydrogen-bond donors (Lipinski definition) is 2. The van der Waals surface area contributed by atoms with Gasteiger partial charge in [-0.25, -0.2) is 4.79 Å². The number of carboxylic acid groups (broad SMARTS) is 1. The molecule has 0 radical (unpaired) electrons. The van der Waals surface area contributed by atoms with Gasteiger partial charge in [0, 0.05) is 11.6 Å². The highest BCUT2D eigenvalue weighted by molar-refractivity contribution is 5.66. The lowest BCUT2D eigenvalue weighted by atomic mass is 9.90. The van der Waals surface area contributed by atoms with Crippen LogP contribution in [0.15, 0.2) is 30.3 Å². The van der Waals surface area contributed by atoms with E-state index in [0.717, 1.165) is 32.4 Å². The lowest BCUT2D eigenvalue weighted by Gasteiger charge is -2.43. The molecule has 2 atom stereocenters. The maximum Gasteiger partial charge on any atom is 0.407 e. The van der Waals surface area contributed by atoms with E-state index < -0.39 is 6.09 Å². The van der Waals surface area contributed by atoms with Crippen LogP contribution in [0.2, 0.25) is 0 Å². The molecule has 1 aromatic carbocycles. The molecule has 0 aromatic heterocycles. The third-order valence-corrected chi connectivity index (χ3v) is 5.44. The highest BCUT2D eigenvalue weighted by Gasteiger charge is 2.45. The Hall–Kier alpha value is -1.55. The fraction of sp³-hybridized carbons (Fsp3) is 0.632. The molecular formula is C19H28N2O2. The second-order valence-corrected chi connectivity index (χ2v) is 7.66. The average molecular weight is 316 g/mol. The van der Waals surface area contributed by atoms with Gasteiger partial charge in [0.05, 0.1) is 0 Å². The summed E-state index contributed by atoms with van der Waals surface area (Å²) < 4.78 is 0. The van der Waals surface area contributed by atoms with Crippen molar-refractivity contribution in [2.75, 3.05) is 13.1 Å². The first kappa shape index (κ1) is 16.3. The number of piperidine rings is 1. The van der Waals surface area contributed by atoms with Gasteiger partial charge in [0.25, 0.3) is 0 Å². The van der Waals surface area contributed by atoms with Crippen LogP contribution in [-0.4, -0.2) is 40.8 Å². The molecule has 0 bridgehead atoms. The van der Waals surface area contributed by atoms with Crippen LogP contribution in [0.4, 0.5) is 4.79 Å². The molecule has 4 heteroatoms. The Kier molecular flexibility index (Phi) is 4.62. The van der Waals surface area contributed by atoms with Crippen molar-refractivity contribution in [3.63, 3.8) is 0 Å². The van der Waals surface area contributed by atoms with E-state index in [9.17, 15) is 9.90 Å². The zero-order chi connectivity index (χ0) is 16.4. The van der Waals surface area contributed by atoms with Gasteiger partial charge in [0.15, 0.2) is 0 Å². The lowest BCUT2D eigenvalue weighted by Crippen LogP contribution is -2.55. The lowest BCUT2D eigenvalue weighted by molar-refractivity contribution is 0.0438. The van der Waals surface area contributed by atoms with Crippen molar-refractivity contribution in [1.29, 1.82) is 0 Å². The van der Waals surface area contributed by atoms with Crippen molar-refractivity contribution < 1.29 is 9.90 Å². The molecular weight excluding hydrogens is 288 g/mol. The van der Waals surface area contributed by atoms with E-state index in [4.69, 9.17) is 0 Å². The van der Waals surface area contributed by atoms with E-state index in [1.807, 2.05) is 6.07 Å². The molecule has 0 unspecified atom stereocenters. The minimum absolute atomic E-state index is 0.151. The summed E-state index contributed by atoms with van der Waals surface area (Å²) in [7, 11) is 0. The van der Waals surface area contributed by atoms with Crippen LogP contribution in [0.25, 0.3) is 0 Å². The molecule has 3 rings (SSSR count). The second kappa shape index (κ2) is 6.52. The van der Waals surface area contributed by atoms with Gasteiger partial charge >= 0.3 is 6.09 Å². The number of nitrogens with one attached hydrogen (secondary N) is 1. The van der Waals surface area contributed by atoms with Crippen molar-refractivity contribution >= 4 is 6.09 Å². The number of carbonyl (C=O) groups is 1. The molecule has 1 aromatic rings. The Morgan fingerprint density at radius 2 is 1.91 bits per heavy atom. The molecule has 2 N–H and O–H groups in total. The van der Waals surface area contributed by atoms with E-state index in [-0.39, 0.29) is 11.6 Å². The predicted molar refractivity (Wildman–Crippen MR) is 91.7 cm³/mol. The largest absolute Gasteiger partial charge is 0.465 e. The Morgan fingerprint density at radius 1 is 1.26 bits per heavy atom. The van der Waals surface area contributed by atoms with Crippen molar-refractivity contribution in [3.05, 3.63) is 35.9 Å². The number of benzene rings is 1. The summed E-state index contributed by atoms with van der Waals surface area (Å²) in [6.45, 7) is 6.04. The second-order valence-electron chi connectivity index (χ2n) is 7.66. The third-order valence-electron chi connectivity index (χ3n) is 5.44. The molecule has 1 heterocycles. The minimum Gasteiger partial charge on any atom is -0.465 e. The van der Waals surface area contributed by atoms with Crippen LogP contribution in [-0.2, 0) is 0 Å². The first-order chi connectivity index (χ1) is 11.0. The monoisotopic (exact) mass is 316 g/mol. The quantitative estimate of drug-likeness (QED) is 0.871. The third kappa shape index (κ3) is 3.69. The number of nitrogens with zero attached hydrogens (tertiary/aromatic N) is 1. The van der Waals surface area contributed by atoms with Gasteiger partial charge in [0.2, 0.25) is 0 Å². The Labute approximate surface area is 138 Å². The highest BCUT2D eigenvalue weighted by Crippen LogP contribution is 2.52. The van der Waals surface area contributed by atoms with Crippen molar-refractivity contribution in [1.82, 2.24) is 10.2 Å². The van der Waals surface area contributed by atoms with E-state index >= 15 is 0 Å². The fourth-order valence-corrected chi connectivity index (χ4v) is 4.30. The van der Waals surface area contributed by atoms with Crippen LogP contribution in [0.5, 0.6) is 0 Å². The molecule has 1 aliphatic carbocycles. The van der Waals surface area contributed by atoms with Crippen molar-refractivity contribution in [2.45, 2.75) is 57.0 Å². The van der Waals surface area contributed by atoms with E-state index in [0.29, 0.717) is 11.8 Å². The van der Waals surface area contributed by atoms with Crippen LogP contribution >= 0.6 is 0 Å². The topological polar surface area (TPSA) is 52.6 Å². The maximum atomic E-state index is 11.9. The zero-order valence-corrected chi connectivity index (χ0v) is 14.2. The summed E-state index contributed by atoms with van der Waals surface area (Å²) >= 11 is 0. The molecule has 1 amide bonds. The predicted octanol–water partition coefficient (Wildman–Crippen LogP) is 3.69. The van der Waals surface area contributed by atoms with E-state index in [1.165, 1.54) is 12.0 Å². The molecule has 4 nitrogen and oxygen atoms in total. The molecule has 23 heavy (non-hydrogen) atoms.